The molecular formula is C6H10N2O3. The second kappa shape index (κ2) is 5.40. The Kier molecular flexibility index (Phi) is 4.72. The van der Waals surface area contributed by atoms with E-state index in [0.29, 0.717) is 13.0 Å². The van der Waals surface area contributed by atoms with Gasteiger partial charge in [-0.3, -0.25) is 14.4 Å². The van der Waals surface area contributed by atoms with Crippen LogP contribution in [-0.2, 0) is 14.4 Å². The molecule has 0 fully saturated rings. The van der Waals surface area contributed by atoms with Crippen LogP contribution in [0.4, 0.5) is 0 Å². The summed E-state index contributed by atoms with van der Waals surface area (Å²) in [5.74, 6) is -1.30. The van der Waals surface area contributed by atoms with Crippen LogP contribution < -0.4 is 10.6 Å². The molecule has 0 bridgehead atoms. The third-order valence-electron chi connectivity index (χ3n) is 0.937. The van der Waals surface area contributed by atoms with Crippen LogP contribution in [0.25, 0.3) is 0 Å². The van der Waals surface area contributed by atoms with Crippen LogP contribution in [0.1, 0.15) is 6.92 Å². The van der Waals surface area contributed by atoms with E-state index < -0.39 is 11.7 Å². The Morgan fingerprint density at radius 1 is 1.45 bits per heavy atom. The fourth-order valence-electron chi connectivity index (χ4n) is 0.474. The van der Waals surface area contributed by atoms with E-state index in [1.165, 1.54) is 0 Å². The number of hydrogen-bond donors (Lipinski definition) is 2. The summed E-state index contributed by atoms with van der Waals surface area (Å²) in [6.45, 7) is 1.87. The molecule has 0 spiro atoms. The van der Waals surface area contributed by atoms with Crippen molar-refractivity contribution in [1.82, 2.24) is 10.6 Å². The molecule has 0 aromatic rings. The van der Waals surface area contributed by atoms with Gasteiger partial charge in [0.1, 0.15) is 0 Å². The molecule has 0 aliphatic heterocycles. The number of carbonyl (C=O) groups excluding carboxylic acids is 3. The summed E-state index contributed by atoms with van der Waals surface area (Å²) >= 11 is 0. The van der Waals surface area contributed by atoms with E-state index in [1.807, 2.05) is 0 Å². The lowest BCUT2D eigenvalue weighted by Crippen LogP contribution is -2.36. The quantitative estimate of drug-likeness (QED) is 0.375. The highest BCUT2D eigenvalue weighted by molar-refractivity contribution is 6.37. The molecule has 0 atom stereocenters. The maximum absolute atomic E-state index is 10.7. The number of likely N-dealkylation sites (N-methyl/N-ethyl adjacent to an activating group) is 1. The number of carbonyl (C=O) groups is 3. The topological polar surface area (TPSA) is 75.3 Å². The van der Waals surface area contributed by atoms with Gasteiger partial charge in [-0.2, -0.15) is 0 Å². The Morgan fingerprint density at radius 3 is 2.55 bits per heavy atom. The van der Waals surface area contributed by atoms with E-state index in [1.54, 1.807) is 6.92 Å². The van der Waals surface area contributed by atoms with E-state index in [9.17, 15) is 14.4 Å². The van der Waals surface area contributed by atoms with Gasteiger partial charge in [-0.25, -0.2) is 0 Å². The van der Waals surface area contributed by atoms with Crippen molar-refractivity contribution in [2.75, 3.05) is 13.1 Å². The Bertz CT molecular complexity index is 167. The van der Waals surface area contributed by atoms with Crippen molar-refractivity contribution in [3.63, 3.8) is 0 Å². The minimum atomic E-state index is -0.665. The third-order valence-corrected chi connectivity index (χ3v) is 0.937. The van der Waals surface area contributed by atoms with Gasteiger partial charge < -0.3 is 10.6 Å². The maximum Gasteiger partial charge on any atom is 0.289 e. The van der Waals surface area contributed by atoms with Crippen molar-refractivity contribution in [2.45, 2.75) is 6.92 Å². The van der Waals surface area contributed by atoms with Gasteiger partial charge >= 0.3 is 0 Å². The molecule has 0 aliphatic rings. The van der Waals surface area contributed by atoms with E-state index in [4.69, 9.17) is 0 Å². The van der Waals surface area contributed by atoms with Crippen LogP contribution in [-0.4, -0.2) is 31.2 Å². The highest BCUT2D eigenvalue weighted by Crippen LogP contribution is 1.69. The van der Waals surface area contributed by atoms with Crippen molar-refractivity contribution in [1.29, 1.82) is 0 Å². The van der Waals surface area contributed by atoms with Crippen LogP contribution in [0.3, 0.4) is 0 Å². The van der Waals surface area contributed by atoms with Crippen molar-refractivity contribution >= 4 is 18.1 Å². The normalized spacial score (nSPS) is 8.45. The first-order valence-corrected chi connectivity index (χ1v) is 3.20. The summed E-state index contributed by atoms with van der Waals surface area (Å²) in [6.07, 6.45) is 0.372. The zero-order valence-corrected chi connectivity index (χ0v) is 6.22. The number of hydrogen-bond acceptors (Lipinski definition) is 3. The number of nitrogens with one attached hydrogen (secondary N) is 2. The number of amides is 2. The van der Waals surface area contributed by atoms with Gasteiger partial charge in [0.05, 0.1) is 6.54 Å². The van der Waals surface area contributed by atoms with Gasteiger partial charge in [-0.15, -0.1) is 0 Å². The average molecular weight is 158 g/mol. The molecule has 0 saturated carbocycles. The van der Waals surface area contributed by atoms with Crippen molar-refractivity contribution in [2.24, 2.45) is 0 Å². The third kappa shape index (κ3) is 4.07. The molecular weight excluding hydrogens is 148 g/mol. The standard InChI is InChI=1S/C6H10N2O3/c1-2-8-6(11)5(10)3-7-4-9/h4H,2-3H2,1H3,(H,7,9)(H,8,11). The largest absolute Gasteiger partial charge is 0.351 e. The highest BCUT2D eigenvalue weighted by Gasteiger charge is 2.10. The first kappa shape index (κ1) is 9.61. The van der Waals surface area contributed by atoms with Crippen LogP contribution >= 0.6 is 0 Å². The summed E-state index contributed by atoms with van der Waals surface area (Å²) in [6, 6.07) is 0. The Labute approximate surface area is 64.1 Å². The lowest BCUT2D eigenvalue weighted by molar-refractivity contribution is -0.137. The van der Waals surface area contributed by atoms with Gasteiger partial charge in [0.2, 0.25) is 12.2 Å². The lowest BCUT2D eigenvalue weighted by atomic mass is 10.3. The smallest absolute Gasteiger partial charge is 0.289 e. The Morgan fingerprint density at radius 2 is 2.09 bits per heavy atom. The molecule has 0 aromatic heterocycles. The van der Waals surface area contributed by atoms with Crippen molar-refractivity contribution < 1.29 is 14.4 Å². The summed E-state index contributed by atoms with van der Waals surface area (Å²) in [7, 11) is 0. The average Bonchev–Trinajstić information content (AvgIpc) is 2.00. The molecule has 2 amide bonds. The van der Waals surface area contributed by atoms with Gasteiger partial charge in [0.25, 0.3) is 5.91 Å². The number of rotatable bonds is 5. The minimum absolute atomic E-state index is 0.241. The number of ketones is 1. The minimum Gasteiger partial charge on any atom is -0.351 e. The van der Waals surface area contributed by atoms with E-state index >= 15 is 0 Å². The second-order valence-corrected chi connectivity index (χ2v) is 1.78. The summed E-state index contributed by atoms with van der Waals surface area (Å²) in [5.41, 5.74) is 0. The molecule has 0 aliphatic carbocycles. The molecule has 0 saturated heterocycles. The zero-order valence-electron chi connectivity index (χ0n) is 6.22. The van der Waals surface area contributed by atoms with Gasteiger partial charge in [0, 0.05) is 6.54 Å². The summed E-state index contributed by atoms with van der Waals surface area (Å²) < 4.78 is 0. The molecule has 0 rings (SSSR count). The van der Waals surface area contributed by atoms with Gasteiger partial charge in [0.15, 0.2) is 0 Å². The van der Waals surface area contributed by atoms with Crippen molar-refractivity contribution in [3.8, 4) is 0 Å². The lowest BCUT2D eigenvalue weighted by Gasteiger charge is -1.98. The maximum atomic E-state index is 10.7. The van der Waals surface area contributed by atoms with Gasteiger partial charge in [-0.1, -0.05) is 0 Å². The molecule has 0 aromatic carbocycles. The first-order chi connectivity index (χ1) is 5.22. The molecule has 5 nitrogen and oxygen atoms in total. The highest BCUT2D eigenvalue weighted by atomic mass is 16.2. The monoisotopic (exact) mass is 158 g/mol. The molecule has 2 N–H and O–H groups in total. The first-order valence-electron chi connectivity index (χ1n) is 3.20. The predicted molar refractivity (Wildman–Crippen MR) is 37.8 cm³/mol. The van der Waals surface area contributed by atoms with E-state index in [2.05, 4.69) is 10.6 Å². The second-order valence-electron chi connectivity index (χ2n) is 1.78. The zero-order chi connectivity index (χ0) is 8.69. The Hall–Kier alpha value is -1.39. The van der Waals surface area contributed by atoms with E-state index in [0.717, 1.165) is 0 Å². The fourth-order valence-corrected chi connectivity index (χ4v) is 0.474. The van der Waals surface area contributed by atoms with Crippen LogP contribution in [0, 0.1) is 0 Å². The molecule has 0 unspecified atom stereocenters. The SMILES string of the molecule is CCNC(=O)C(=O)CNC=O. The molecule has 11 heavy (non-hydrogen) atoms. The summed E-state index contributed by atoms with van der Waals surface area (Å²) in [5, 5.41) is 4.41. The van der Waals surface area contributed by atoms with Gasteiger partial charge in [-0.05, 0) is 6.92 Å². The van der Waals surface area contributed by atoms with Crippen LogP contribution in [0.2, 0.25) is 0 Å². The Balaban J connectivity index is 3.64. The molecule has 0 heterocycles. The van der Waals surface area contributed by atoms with Crippen LogP contribution in [0.15, 0.2) is 0 Å². The fraction of sp³-hybridized carbons (Fsp3) is 0.500. The summed E-state index contributed by atoms with van der Waals surface area (Å²) in [4.78, 5) is 31.0. The van der Waals surface area contributed by atoms with E-state index in [-0.39, 0.29) is 6.54 Å². The predicted octanol–water partition coefficient (Wildman–Crippen LogP) is -1.56. The molecule has 62 valence electrons. The molecule has 0 radical (unpaired) electrons. The molecule has 5 heteroatoms. The van der Waals surface area contributed by atoms with Crippen LogP contribution in [0.5, 0.6) is 0 Å². The van der Waals surface area contributed by atoms with Crippen molar-refractivity contribution in [3.05, 3.63) is 0 Å². The number of Topliss-reactive ketones (excluding diaryl/α,β-unsaturated/α-hetero) is 1.